The standard InChI is InChI=1S/C6H5N3O5S/c10-8-1-4-3-15(13,14)7-6(4)5(2-8)9(11)12/h1-2,10H,3H2/p+1. The van der Waals surface area contributed by atoms with Crippen molar-refractivity contribution in [2.75, 3.05) is 4.72 Å². The van der Waals surface area contributed by atoms with Gasteiger partial charge in [0.25, 0.3) is 0 Å². The summed E-state index contributed by atoms with van der Waals surface area (Å²) in [5.41, 5.74) is -0.381. The average molecular weight is 232 g/mol. The van der Waals surface area contributed by atoms with E-state index in [1.54, 1.807) is 0 Å². The molecule has 0 saturated heterocycles. The molecule has 2 rings (SSSR count). The van der Waals surface area contributed by atoms with Crippen LogP contribution in [-0.4, -0.2) is 18.5 Å². The van der Waals surface area contributed by atoms with Crippen molar-refractivity contribution in [1.29, 1.82) is 0 Å². The van der Waals surface area contributed by atoms with E-state index in [0.717, 1.165) is 12.4 Å². The Morgan fingerprint density at radius 2 is 2.20 bits per heavy atom. The fourth-order valence-electron chi connectivity index (χ4n) is 1.38. The third-order valence-electron chi connectivity index (χ3n) is 1.92. The van der Waals surface area contributed by atoms with Crippen molar-refractivity contribution in [3.8, 4) is 0 Å². The lowest BCUT2D eigenvalue weighted by molar-refractivity contribution is -0.905. The van der Waals surface area contributed by atoms with Gasteiger partial charge in [-0.15, -0.1) is 0 Å². The SMILES string of the molecule is O=[N+]([O-])c1c[n+](O)cc2c1NS(=O)(=O)C2. The molecular weight excluding hydrogens is 226 g/mol. The minimum absolute atomic E-state index is 0.0784. The number of nitrogens with zero attached hydrogens (tertiary/aromatic N) is 2. The van der Waals surface area contributed by atoms with Crippen molar-refractivity contribution in [2.45, 2.75) is 5.75 Å². The second-order valence-electron chi connectivity index (χ2n) is 3.04. The number of nitrogens with one attached hydrogen (secondary N) is 1. The number of rotatable bonds is 1. The number of anilines is 1. The van der Waals surface area contributed by atoms with Gasteiger partial charge in [-0.1, -0.05) is 0 Å². The van der Waals surface area contributed by atoms with E-state index in [2.05, 4.69) is 4.72 Å². The smallest absolute Gasteiger partial charge is 0.285 e. The number of pyridine rings is 1. The first-order valence-electron chi connectivity index (χ1n) is 3.81. The summed E-state index contributed by atoms with van der Waals surface area (Å²) in [5.74, 6) is -0.370. The predicted molar refractivity (Wildman–Crippen MR) is 46.7 cm³/mol. The molecule has 0 saturated carbocycles. The zero-order valence-electron chi connectivity index (χ0n) is 7.24. The molecule has 0 amide bonds. The van der Waals surface area contributed by atoms with Crippen LogP contribution >= 0.6 is 0 Å². The summed E-state index contributed by atoms with van der Waals surface area (Å²) in [6, 6.07) is 0. The van der Waals surface area contributed by atoms with Crippen LogP contribution in [0.4, 0.5) is 11.4 Å². The second kappa shape index (κ2) is 2.79. The first kappa shape index (κ1) is 9.65. The summed E-state index contributed by atoms with van der Waals surface area (Å²) in [7, 11) is -3.56. The maximum Gasteiger partial charge on any atom is 0.361 e. The van der Waals surface area contributed by atoms with Crippen molar-refractivity contribution in [1.82, 2.24) is 0 Å². The molecular formula is C6H6N3O5S+. The third-order valence-corrected chi connectivity index (χ3v) is 3.13. The Bertz CT molecular complexity index is 552. The minimum Gasteiger partial charge on any atom is -0.285 e. The molecule has 1 aliphatic heterocycles. The van der Waals surface area contributed by atoms with E-state index in [1.807, 2.05) is 0 Å². The summed E-state index contributed by atoms with van der Waals surface area (Å²) in [6.45, 7) is 0. The number of hydrogen-bond acceptors (Lipinski definition) is 5. The molecule has 2 N–H and O–H groups in total. The van der Waals surface area contributed by atoms with Crippen molar-refractivity contribution in [3.05, 3.63) is 28.1 Å². The van der Waals surface area contributed by atoms with Gasteiger partial charge in [0.15, 0.2) is 0 Å². The van der Waals surface area contributed by atoms with Gasteiger partial charge in [-0.3, -0.25) is 20.0 Å². The molecule has 1 aliphatic rings. The quantitative estimate of drug-likeness (QED) is 0.290. The second-order valence-corrected chi connectivity index (χ2v) is 4.76. The molecule has 2 heterocycles. The van der Waals surface area contributed by atoms with Gasteiger partial charge in [-0.2, -0.15) is 0 Å². The van der Waals surface area contributed by atoms with E-state index in [4.69, 9.17) is 5.21 Å². The van der Waals surface area contributed by atoms with Crippen molar-refractivity contribution in [3.63, 3.8) is 0 Å². The lowest BCUT2D eigenvalue weighted by Gasteiger charge is -1.96. The monoisotopic (exact) mass is 232 g/mol. The van der Waals surface area contributed by atoms with Gasteiger partial charge in [0, 0.05) is 4.73 Å². The molecule has 15 heavy (non-hydrogen) atoms. The van der Waals surface area contributed by atoms with E-state index in [0.29, 0.717) is 4.73 Å². The van der Waals surface area contributed by atoms with Crippen LogP contribution in [-0.2, 0) is 15.8 Å². The Labute approximate surface area is 83.9 Å². The Kier molecular flexibility index (Phi) is 1.80. The van der Waals surface area contributed by atoms with E-state index < -0.39 is 20.6 Å². The minimum atomic E-state index is -3.56. The zero-order valence-corrected chi connectivity index (χ0v) is 8.06. The maximum absolute atomic E-state index is 11.1. The van der Waals surface area contributed by atoms with Crippen LogP contribution in [0.25, 0.3) is 0 Å². The molecule has 1 aromatic heterocycles. The van der Waals surface area contributed by atoms with Gasteiger partial charge in [-0.25, -0.2) is 8.42 Å². The van der Waals surface area contributed by atoms with Gasteiger partial charge in [0.2, 0.25) is 16.2 Å². The number of sulfonamides is 1. The fourth-order valence-corrected chi connectivity index (χ4v) is 2.62. The van der Waals surface area contributed by atoms with Crippen LogP contribution in [0, 0.1) is 10.1 Å². The van der Waals surface area contributed by atoms with Gasteiger partial charge in [0.1, 0.15) is 11.4 Å². The molecule has 0 spiro atoms. The molecule has 0 fully saturated rings. The molecule has 0 atom stereocenters. The molecule has 8 nitrogen and oxygen atoms in total. The van der Waals surface area contributed by atoms with Crippen molar-refractivity contribution < 1.29 is 23.3 Å². The van der Waals surface area contributed by atoms with E-state index in [9.17, 15) is 18.5 Å². The summed E-state index contributed by atoms with van der Waals surface area (Å²) < 4.78 is 24.8. The van der Waals surface area contributed by atoms with E-state index >= 15 is 0 Å². The van der Waals surface area contributed by atoms with Crippen LogP contribution in [0.15, 0.2) is 12.4 Å². The molecule has 0 radical (unpaired) electrons. The number of fused-ring (bicyclic) bond motifs is 1. The van der Waals surface area contributed by atoms with Gasteiger partial charge >= 0.3 is 11.9 Å². The maximum atomic E-state index is 11.1. The lowest BCUT2D eigenvalue weighted by Crippen LogP contribution is -2.29. The summed E-state index contributed by atoms with van der Waals surface area (Å²) >= 11 is 0. The molecule has 0 aromatic carbocycles. The Balaban J connectivity index is 2.68. The highest BCUT2D eigenvalue weighted by Gasteiger charge is 2.35. The number of nitro groups is 1. The van der Waals surface area contributed by atoms with E-state index in [1.165, 1.54) is 0 Å². The van der Waals surface area contributed by atoms with Crippen LogP contribution in [0.5, 0.6) is 0 Å². The summed E-state index contributed by atoms with van der Waals surface area (Å²) in [4.78, 5) is 9.81. The first-order chi connectivity index (χ1) is 6.89. The molecule has 1 aromatic rings. The van der Waals surface area contributed by atoms with Crippen molar-refractivity contribution >= 4 is 21.4 Å². The molecule has 9 heteroatoms. The normalized spacial score (nSPS) is 16.8. The highest BCUT2D eigenvalue weighted by atomic mass is 32.2. The van der Waals surface area contributed by atoms with Gasteiger partial charge < -0.3 is 0 Å². The average Bonchev–Trinajstić information content (AvgIpc) is 2.36. The molecule has 0 unspecified atom stereocenters. The first-order valence-corrected chi connectivity index (χ1v) is 5.46. The molecule has 0 bridgehead atoms. The van der Waals surface area contributed by atoms with E-state index in [-0.39, 0.29) is 17.0 Å². The Hall–Kier alpha value is -1.90. The predicted octanol–water partition coefficient (Wildman–Crippen LogP) is -0.625. The van der Waals surface area contributed by atoms with Crippen LogP contribution in [0.2, 0.25) is 0 Å². The van der Waals surface area contributed by atoms with Gasteiger partial charge in [0.05, 0.1) is 10.5 Å². The number of hydrogen-bond donors (Lipinski definition) is 2. The van der Waals surface area contributed by atoms with Gasteiger partial charge in [-0.05, 0) is 0 Å². The Morgan fingerprint density at radius 3 is 2.80 bits per heavy atom. The number of aromatic nitrogens is 1. The Morgan fingerprint density at radius 1 is 1.53 bits per heavy atom. The van der Waals surface area contributed by atoms with Crippen molar-refractivity contribution in [2.24, 2.45) is 0 Å². The largest absolute Gasteiger partial charge is 0.361 e. The van der Waals surface area contributed by atoms with Crippen LogP contribution in [0.1, 0.15) is 5.56 Å². The van der Waals surface area contributed by atoms with Crippen LogP contribution < -0.4 is 9.45 Å². The highest BCUT2D eigenvalue weighted by molar-refractivity contribution is 7.92. The summed E-state index contributed by atoms with van der Waals surface area (Å²) in [5, 5.41) is 19.7. The molecule has 80 valence electrons. The lowest BCUT2D eigenvalue weighted by atomic mass is 10.2. The topological polar surface area (TPSA) is 113 Å². The highest BCUT2D eigenvalue weighted by Crippen LogP contribution is 2.33. The fraction of sp³-hybridized carbons (Fsp3) is 0.167. The molecule has 0 aliphatic carbocycles. The van der Waals surface area contributed by atoms with Crippen LogP contribution in [0.3, 0.4) is 0 Å². The zero-order chi connectivity index (χ0) is 11.2. The third kappa shape index (κ3) is 1.56. The summed E-state index contributed by atoms with van der Waals surface area (Å²) in [6.07, 6.45) is 1.94.